The van der Waals surface area contributed by atoms with Gasteiger partial charge in [0.25, 0.3) is 0 Å². The van der Waals surface area contributed by atoms with E-state index in [1.807, 2.05) is 20.8 Å². The monoisotopic (exact) mass is 218 g/mol. The molecule has 0 atom stereocenters. The fraction of sp³-hybridized carbons (Fsp3) is 0.600. The van der Waals surface area contributed by atoms with E-state index < -0.39 is 11.9 Å². The summed E-state index contributed by atoms with van der Waals surface area (Å²) in [7, 11) is 0. The molecule has 1 aromatic rings. The van der Waals surface area contributed by atoms with E-state index in [4.69, 9.17) is 0 Å². The molecule has 84 valence electrons. The maximum absolute atomic E-state index is 12.3. The fourth-order valence-electron chi connectivity index (χ4n) is 1.25. The molecule has 0 N–H and O–H groups in total. The number of aromatic nitrogens is 2. The summed E-state index contributed by atoms with van der Waals surface area (Å²) >= 11 is 0. The topological polar surface area (TPSA) is 25.8 Å². The standard InChI is InChI=1S/C10H13F3N2/c1-9(2,3)5-7-4-8(10(11,12)13)15-14-6-7/h4,6H,5H2,1-3H3. The van der Waals surface area contributed by atoms with Gasteiger partial charge in [0.05, 0.1) is 6.20 Å². The third-order valence-corrected chi connectivity index (χ3v) is 1.74. The van der Waals surface area contributed by atoms with Gasteiger partial charge >= 0.3 is 6.18 Å². The minimum atomic E-state index is -4.42. The highest BCUT2D eigenvalue weighted by molar-refractivity contribution is 5.16. The van der Waals surface area contributed by atoms with Crippen molar-refractivity contribution >= 4 is 0 Å². The second-order valence-electron chi connectivity index (χ2n) is 4.68. The molecule has 0 aromatic carbocycles. The highest BCUT2D eigenvalue weighted by Gasteiger charge is 2.33. The van der Waals surface area contributed by atoms with Crippen molar-refractivity contribution in [2.45, 2.75) is 33.4 Å². The molecule has 0 aliphatic heterocycles. The Morgan fingerprint density at radius 2 is 1.80 bits per heavy atom. The Morgan fingerprint density at radius 1 is 1.20 bits per heavy atom. The maximum Gasteiger partial charge on any atom is 0.435 e. The molecule has 0 radical (unpaired) electrons. The lowest BCUT2D eigenvalue weighted by Crippen LogP contribution is -2.13. The molecule has 1 rings (SSSR count). The van der Waals surface area contributed by atoms with E-state index in [2.05, 4.69) is 10.2 Å². The van der Waals surface area contributed by atoms with Crippen molar-refractivity contribution in [2.75, 3.05) is 0 Å². The van der Waals surface area contributed by atoms with Crippen LogP contribution in [0.5, 0.6) is 0 Å². The van der Waals surface area contributed by atoms with Crippen LogP contribution in [0, 0.1) is 5.41 Å². The van der Waals surface area contributed by atoms with Gasteiger partial charge in [0.2, 0.25) is 0 Å². The molecule has 0 bridgehead atoms. The van der Waals surface area contributed by atoms with Crippen LogP contribution in [0.25, 0.3) is 0 Å². The van der Waals surface area contributed by atoms with E-state index in [-0.39, 0.29) is 5.41 Å². The molecule has 1 heterocycles. The first-order valence-electron chi connectivity index (χ1n) is 4.57. The van der Waals surface area contributed by atoms with Crippen molar-refractivity contribution in [3.8, 4) is 0 Å². The number of alkyl halides is 3. The number of halogens is 3. The molecule has 0 aliphatic carbocycles. The average Bonchev–Trinajstić information content (AvgIpc) is 1.99. The molecule has 5 heteroatoms. The normalized spacial score (nSPS) is 12.9. The van der Waals surface area contributed by atoms with E-state index in [0.29, 0.717) is 12.0 Å². The summed E-state index contributed by atoms with van der Waals surface area (Å²) in [5.74, 6) is 0. The zero-order valence-electron chi connectivity index (χ0n) is 8.89. The van der Waals surface area contributed by atoms with Gasteiger partial charge in [-0.2, -0.15) is 18.3 Å². The van der Waals surface area contributed by atoms with E-state index in [1.54, 1.807) is 0 Å². The van der Waals surface area contributed by atoms with Gasteiger partial charge in [-0.1, -0.05) is 20.8 Å². The smallest absolute Gasteiger partial charge is 0.164 e. The Hall–Kier alpha value is -1.13. The van der Waals surface area contributed by atoms with Crippen LogP contribution >= 0.6 is 0 Å². The first kappa shape index (κ1) is 11.9. The van der Waals surface area contributed by atoms with E-state index in [9.17, 15) is 13.2 Å². The van der Waals surface area contributed by atoms with Crippen molar-refractivity contribution in [3.05, 3.63) is 23.5 Å². The predicted octanol–water partition coefficient (Wildman–Crippen LogP) is 3.08. The van der Waals surface area contributed by atoms with Gasteiger partial charge in [-0.05, 0) is 23.5 Å². The van der Waals surface area contributed by atoms with Gasteiger partial charge in [0.1, 0.15) is 0 Å². The lowest BCUT2D eigenvalue weighted by molar-refractivity contribution is -0.141. The van der Waals surface area contributed by atoms with Crippen LogP contribution in [0.2, 0.25) is 0 Å². The van der Waals surface area contributed by atoms with Gasteiger partial charge < -0.3 is 0 Å². The Labute approximate surface area is 86.5 Å². The van der Waals surface area contributed by atoms with E-state index in [0.717, 1.165) is 6.07 Å². The summed E-state index contributed by atoms with van der Waals surface area (Å²) in [4.78, 5) is 0. The molecule has 1 aromatic heterocycles. The largest absolute Gasteiger partial charge is 0.435 e. The second-order valence-corrected chi connectivity index (χ2v) is 4.68. The summed E-state index contributed by atoms with van der Waals surface area (Å²) in [5.41, 5.74) is -0.430. The van der Waals surface area contributed by atoms with Crippen LogP contribution in [0.1, 0.15) is 32.0 Å². The number of rotatable bonds is 1. The zero-order valence-corrected chi connectivity index (χ0v) is 8.89. The van der Waals surface area contributed by atoms with Crippen LogP contribution in [0.3, 0.4) is 0 Å². The first-order chi connectivity index (χ1) is 6.68. The summed E-state index contributed by atoms with van der Waals surface area (Å²) in [6.07, 6.45) is -2.49. The molecule has 0 aliphatic rings. The van der Waals surface area contributed by atoms with Gasteiger partial charge in [-0.25, -0.2) is 0 Å². The van der Waals surface area contributed by atoms with Crippen molar-refractivity contribution in [2.24, 2.45) is 5.41 Å². The maximum atomic E-state index is 12.3. The Bertz CT molecular complexity index is 339. The molecule has 2 nitrogen and oxygen atoms in total. The molecular weight excluding hydrogens is 205 g/mol. The van der Waals surface area contributed by atoms with Gasteiger partial charge in [0, 0.05) is 0 Å². The van der Waals surface area contributed by atoms with Crippen molar-refractivity contribution in [3.63, 3.8) is 0 Å². The van der Waals surface area contributed by atoms with Crippen molar-refractivity contribution < 1.29 is 13.2 Å². The predicted molar refractivity (Wildman–Crippen MR) is 50.2 cm³/mol. The molecule has 0 unspecified atom stereocenters. The molecule has 0 amide bonds. The second kappa shape index (κ2) is 3.79. The van der Waals surface area contributed by atoms with Gasteiger partial charge in [-0.15, -0.1) is 5.10 Å². The number of nitrogens with zero attached hydrogens (tertiary/aromatic N) is 2. The summed E-state index contributed by atoms with van der Waals surface area (Å²) in [6.45, 7) is 5.88. The quantitative estimate of drug-likeness (QED) is 0.723. The molecular formula is C10H13F3N2. The Morgan fingerprint density at radius 3 is 2.27 bits per heavy atom. The van der Waals surface area contributed by atoms with E-state index >= 15 is 0 Å². The van der Waals surface area contributed by atoms with Crippen LogP contribution in [-0.2, 0) is 12.6 Å². The third-order valence-electron chi connectivity index (χ3n) is 1.74. The Balaban J connectivity index is 2.94. The minimum absolute atomic E-state index is 0.0636. The molecule has 15 heavy (non-hydrogen) atoms. The van der Waals surface area contributed by atoms with Crippen molar-refractivity contribution in [1.82, 2.24) is 10.2 Å². The van der Waals surface area contributed by atoms with Crippen LogP contribution < -0.4 is 0 Å². The van der Waals surface area contributed by atoms with Gasteiger partial charge in [0.15, 0.2) is 5.69 Å². The molecule has 0 spiro atoms. The van der Waals surface area contributed by atoms with Crippen LogP contribution in [-0.4, -0.2) is 10.2 Å². The molecule has 0 saturated heterocycles. The average molecular weight is 218 g/mol. The zero-order chi connectivity index (χ0) is 11.7. The first-order valence-corrected chi connectivity index (χ1v) is 4.57. The summed E-state index contributed by atoms with van der Waals surface area (Å²) in [5, 5.41) is 6.43. The van der Waals surface area contributed by atoms with Gasteiger partial charge in [-0.3, -0.25) is 0 Å². The number of hydrogen-bond donors (Lipinski definition) is 0. The lowest BCUT2D eigenvalue weighted by atomic mass is 9.89. The number of hydrogen-bond acceptors (Lipinski definition) is 2. The van der Waals surface area contributed by atoms with Crippen LogP contribution in [0.15, 0.2) is 12.3 Å². The third kappa shape index (κ3) is 3.85. The van der Waals surface area contributed by atoms with Crippen molar-refractivity contribution in [1.29, 1.82) is 0 Å². The van der Waals surface area contributed by atoms with Crippen LogP contribution in [0.4, 0.5) is 13.2 Å². The Kier molecular flexibility index (Phi) is 3.02. The molecule has 0 fully saturated rings. The summed E-state index contributed by atoms with van der Waals surface area (Å²) < 4.78 is 36.9. The summed E-state index contributed by atoms with van der Waals surface area (Å²) in [6, 6.07) is 1.05. The highest BCUT2D eigenvalue weighted by Crippen LogP contribution is 2.28. The molecule has 0 saturated carbocycles. The highest BCUT2D eigenvalue weighted by atomic mass is 19.4. The fourth-order valence-corrected chi connectivity index (χ4v) is 1.25. The van der Waals surface area contributed by atoms with E-state index in [1.165, 1.54) is 6.20 Å². The SMILES string of the molecule is CC(C)(C)Cc1cnnc(C(F)(F)F)c1. The minimum Gasteiger partial charge on any atom is -0.164 e. The lowest BCUT2D eigenvalue weighted by Gasteiger charge is -2.18.